The SMILES string of the molecule is COc1cc(-c2ccno2)c(OC)cc1C. The number of rotatable bonds is 3. The number of aromatic nitrogens is 1. The largest absolute Gasteiger partial charge is 0.496 e. The molecule has 0 bridgehead atoms. The second kappa shape index (κ2) is 4.26. The molecule has 1 heterocycles. The summed E-state index contributed by atoms with van der Waals surface area (Å²) >= 11 is 0. The molecule has 84 valence electrons. The number of hydrogen-bond acceptors (Lipinski definition) is 4. The molecule has 0 spiro atoms. The van der Waals surface area contributed by atoms with Gasteiger partial charge in [0.15, 0.2) is 5.76 Å². The van der Waals surface area contributed by atoms with Crippen molar-refractivity contribution in [1.82, 2.24) is 5.16 Å². The molecule has 0 unspecified atom stereocenters. The maximum absolute atomic E-state index is 5.31. The lowest BCUT2D eigenvalue weighted by atomic mass is 10.1. The average molecular weight is 219 g/mol. The van der Waals surface area contributed by atoms with Gasteiger partial charge in [-0.1, -0.05) is 5.16 Å². The van der Waals surface area contributed by atoms with Gasteiger partial charge in [0, 0.05) is 6.07 Å². The summed E-state index contributed by atoms with van der Waals surface area (Å²) in [5.74, 6) is 2.21. The van der Waals surface area contributed by atoms with E-state index in [1.807, 2.05) is 19.1 Å². The summed E-state index contributed by atoms with van der Waals surface area (Å²) in [7, 11) is 3.26. The van der Waals surface area contributed by atoms with Crippen molar-refractivity contribution in [3.05, 3.63) is 30.0 Å². The van der Waals surface area contributed by atoms with E-state index in [9.17, 15) is 0 Å². The zero-order valence-corrected chi connectivity index (χ0v) is 9.48. The van der Waals surface area contributed by atoms with Crippen molar-refractivity contribution in [1.29, 1.82) is 0 Å². The predicted molar refractivity (Wildman–Crippen MR) is 59.8 cm³/mol. The molecule has 0 saturated carbocycles. The van der Waals surface area contributed by atoms with Crippen molar-refractivity contribution in [2.24, 2.45) is 0 Å². The molecule has 0 atom stereocenters. The van der Waals surface area contributed by atoms with Crippen molar-refractivity contribution in [2.45, 2.75) is 6.92 Å². The first kappa shape index (κ1) is 10.5. The van der Waals surface area contributed by atoms with Crippen LogP contribution < -0.4 is 9.47 Å². The van der Waals surface area contributed by atoms with Gasteiger partial charge in [0.2, 0.25) is 0 Å². The van der Waals surface area contributed by atoms with Gasteiger partial charge >= 0.3 is 0 Å². The van der Waals surface area contributed by atoms with Crippen LogP contribution in [0.15, 0.2) is 28.9 Å². The Morgan fingerprint density at radius 2 is 1.88 bits per heavy atom. The van der Waals surface area contributed by atoms with E-state index in [1.165, 1.54) is 0 Å². The van der Waals surface area contributed by atoms with Gasteiger partial charge in [0.25, 0.3) is 0 Å². The van der Waals surface area contributed by atoms with Gasteiger partial charge in [-0.2, -0.15) is 0 Å². The highest BCUT2D eigenvalue weighted by atomic mass is 16.5. The van der Waals surface area contributed by atoms with Gasteiger partial charge in [-0.15, -0.1) is 0 Å². The number of benzene rings is 1. The Balaban J connectivity index is 2.58. The van der Waals surface area contributed by atoms with Crippen molar-refractivity contribution >= 4 is 0 Å². The summed E-state index contributed by atoms with van der Waals surface area (Å²) in [6.07, 6.45) is 1.60. The van der Waals surface area contributed by atoms with Gasteiger partial charge in [-0.25, -0.2) is 0 Å². The van der Waals surface area contributed by atoms with Crippen LogP contribution in [0.2, 0.25) is 0 Å². The highest BCUT2D eigenvalue weighted by Crippen LogP contribution is 2.35. The van der Waals surface area contributed by atoms with Crippen LogP contribution in [-0.2, 0) is 0 Å². The first-order valence-corrected chi connectivity index (χ1v) is 4.90. The Morgan fingerprint density at radius 1 is 1.12 bits per heavy atom. The highest BCUT2D eigenvalue weighted by molar-refractivity contribution is 5.68. The molecule has 0 N–H and O–H groups in total. The zero-order chi connectivity index (χ0) is 11.5. The molecule has 0 amide bonds. The summed E-state index contributed by atoms with van der Waals surface area (Å²) in [6.45, 7) is 1.96. The van der Waals surface area contributed by atoms with Crippen LogP contribution in [0.1, 0.15) is 5.56 Å². The Morgan fingerprint density at radius 3 is 2.44 bits per heavy atom. The predicted octanol–water partition coefficient (Wildman–Crippen LogP) is 2.67. The second-order valence-corrected chi connectivity index (χ2v) is 3.40. The van der Waals surface area contributed by atoms with Gasteiger partial charge in [0.05, 0.1) is 26.0 Å². The number of ether oxygens (including phenoxy) is 2. The van der Waals surface area contributed by atoms with Crippen molar-refractivity contribution in [3.8, 4) is 22.8 Å². The zero-order valence-electron chi connectivity index (χ0n) is 9.48. The van der Waals surface area contributed by atoms with E-state index in [0.29, 0.717) is 5.76 Å². The van der Waals surface area contributed by atoms with E-state index in [-0.39, 0.29) is 0 Å². The third-order valence-electron chi connectivity index (χ3n) is 2.42. The molecular formula is C12H13NO3. The Hall–Kier alpha value is -1.97. The number of nitrogens with zero attached hydrogens (tertiary/aromatic N) is 1. The molecule has 16 heavy (non-hydrogen) atoms. The van der Waals surface area contributed by atoms with E-state index in [0.717, 1.165) is 22.6 Å². The van der Waals surface area contributed by atoms with E-state index >= 15 is 0 Å². The van der Waals surface area contributed by atoms with Crippen LogP contribution in [0.5, 0.6) is 11.5 Å². The molecule has 2 aromatic rings. The third-order valence-corrected chi connectivity index (χ3v) is 2.42. The molecule has 0 aliphatic rings. The summed E-state index contributed by atoms with van der Waals surface area (Å²) in [6, 6.07) is 5.58. The molecule has 0 aliphatic heterocycles. The smallest absolute Gasteiger partial charge is 0.170 e. The van der Waals surface area contributed by atoms with Crippen molar-refractivity contribution in [3.63, 3.8) is 0 Å². The first-order chi connectivity index (χ1) is 7.76. The standard InChI is InChI=1S/C12H13NO3/c1-8-6-12(15-3)9(7-11(8)14-2)10-4-5-13-16-10/h4-7H,1-3H3. The summed E-state index contributed by atoms with van der Waals surface area (Å²) in [4.78, 5) is 0. The second-order valence-electron chi connectivity index (χ2n) is 3.40. The molecule has 2 rings (SSSR count). The van der Waals surface area contributed by atoms with Crippen LogP contribution in [0.3, 0.4) is 0 Å². The average Bonchev–Trinajstić information content (AvgIpc) is 2.82. The van der Waals surface area contributed by atoms with Crippen LogP contribution in [0.4, 0.5) is 0 Å². The van der Waals surface area contributed by atoms with Gasteiger partial charge < -0.3 is 14.0 Å². The third kappa shape index (κ3) is 1.74. The molecule has 4 heteroatoms. The normalized spacial score (nSPS) is 10.2. The fourth-order valence-corrected chi connectivity index (χ4v) is 1.60. The number of aryl methyl sites for hydroxylation is 1. The Bertz CT molecular complexity index is 477. The fourth-order valence-electron chi connectivity index (χ4n) is 1.60. The maximum atomic E-state index is 5.31. The topological polar surface area (TPSA) is 44.5 Å². The Kier molecular flexibility index (Phi) is 2.81. The lowest BCUT2D eigenvalue weighted by Gasteiger charge is -2.10. The minimum atomic E-state index is 0.662. The van der Waals surface area contributed by atoms with Gasteiger partial charge in [-0.05, 0) is 24.6 Å². The van der Waals surface area contributed by atoms with Crippen LogP contribution >= 0.6 is 0 Å². The molecule has 0 radical (unpaired) electrons. The van der Waals surface area contributed by atoms with Crippen molar-refractivity contribution < 1.29 is 14.0 Å². The molecule has 0 fully saturated rings. The van der Waals surface area contributed by atoms with Crippen LogP contribution in [0.25, 0.3) is 11.3 Å². The summed E-state index contributed by atoms with van der Waals surface area (Å²) < 4.78 is 15.7. The number of methoxy groups -OCH3 is 2. The summed E-state index contributed by atoms with van der Waals surface area (Å²) in [5, 5.41) is 3.68. The Labute approximate surface area is 93.8 Å². The van der Waals surface area contributed by atoms with E-state index in [1.54, 1.807) is 26.5 Å². The van der Waals surface area contributed by atoms with E-state index < -0.39 is 0 Å². The van der Waals surface area contributed by atoms with Crippen LogP contribution in [0, 0.1) is 6.92 Å². The fraction of sp³-hybridized carbons (Fsp3) is 0.250. The quantitative estimate of drug-likeness (QED) is 0.796. The summed E-state index contributed by atoms with van der Waals surface area (Å²) in [5.41, 5.74) is 1.85. The molecule has 0 saturated heterocycles. The first-order valence-electron chi connectivity index (χ1n) is 4.90. The molecule has 1 aromatic carbocycles. The minimum absolute atomic E-state index is 0.662. The lowest BCUT2D eigenvalue weighted by Crippen LogP contribution is -1.92. The van der Waals surface area contributed by atoms with Crippen molar-refractivity contribution in [2.75, 3.05) is 14.2 Å². The van der Waals surface area contributed by atoms with Gasteiger partial charge in [0.1, 0.15) is 11.5 Å². The lowest BCUT2D eigenvalue weighted by molar-refractivity contribution is 0.395. The van der Waals surface area contributed by atoms with Gasteiger partial charge in [-0.3, -0.25) is 0 Å². The molecule has 1 aromatic heterocycles. The molecule has 0 aliphatic carbocycles. The maximum Gasteiger partial charge on any atom is 0.170 e. The highest BCUT2D eigenvalue weighted by Gasteiger charge is 2.12. The minimum Gasteiger partial charge on any atom is -0.496 e. The van der Waals surface area contributed by atoms with Crippen LogP contribution in [-0.4, -0.2) is 19.4 Å². The molecule has 4 nitrogen and oxygen atoms in total. The van der Waals surface area contributed by atoms with E-state index in [4.69, 9.17) is 14.0 Å². The monoisotopic (exact) mass is 219 g/mol. The molecular weight excluding hydrogens is 206 g/mol. The number of hydrogen-bond donors (Lipinski definition) is 0. The van der Waals surface area contributed by atoms with E-state index in [2.05, 4.69) is 5.16 Å².